The summed E-state index contributed by atoms with van der Waals surface area (Å²) in [6.07, 6.45) is 0.161. The first-order chi connectivity index (χ1) is 7.61. The van der Waals surface area contributed by atoms with Crippen LogP contribution in [0.25, 0.3) is 0 Å². The van der Waals surface area contributed by atoms with Gasteiger partial charge in [-0.3, -0.25) is 10.1 Å². The molecule has 0 spiro atoms. The fourth-order valence-corrected chi connectivity index (χ4v) is 1.72. The largest absolute Gasteiger partial charge is 0.469 e. The van der Waals surface area contributed by atoms with Crippen molar-refractivity contribution in [1.29, 1.82) is 0 Å². The molecule has 16 heavy (non-hydrogen) atoms. The molecule has 0 saturated carbocycles. The Bertz CT molecular complexity index is 351. The third kappa shape index (κ3) is 4.31. The van der Waals surface area contributed by atoms with Crippen molar-refractivity contribution >= 4 is 28.3 Å². The van der Waals surface area contributed by atoms with E-state index in [9.17, 15) is 9.59 Å². The van der Waals surface area contributed by atoms with E-state index in [4.69, 9.17) is 0 Å². The Balaban J connectivity index is 2.31. The molecule has 0 aliphatic carbocycles. The number of thiophene rings is 1. The molecular formula is C10H14N2O3S. The molecule has 0 fully saturated rings. The van der Waals surface area contributed by atoms with Crippen molar-refractivity contribution in [2.75, 3.05) is 12.4 Å². The van der Waals surface area contributed by atoms with E-state index in [0.29, 0.717) is 0 Å². The van der Waals surface area contributed by atoms with Crippen LogP contribution in [0.1, 0.15) is 13.3 Å². The van der Waals surface area contributed by atoms with Crippen molar-refractivity contribution in [3.63, 3.8) is 0 Å². The first kappa shape index (κ1) is 12.5. The van der Waals surface area contributed by atoms with E-state index in [-0.39, 0.29) is 24.5 Å². The van der Waals surface area contributed by atoms with Crippen LogP contribution in [-0.4, -0.2) is 25.2 Å². The second kappa shape index (κ2) is 6.12. The number of carbonyl (C=O) groups is 2. The first-order valence-corrected chi connectivity index (χ1v) is 5.67. The molecule has 6 heteroatoms. The predicted molar refractivity (Wildman–Crippen MR) is 62.6 cm³/mol. The number of carbonyl (C=O) groups excluding carboxylic acids is 2. The quantitative estimate of drug-likeness (QED) is 0.791. The minimum Gasteiger partial charge on any atom is -0.469 e. The Labute approximate surface area is 97.8 Å². The maximum atomic E-state index is 11.4. The number of esters is 1. The van der Waals surface area contributed by atoms with Crippen LogP contribution in [0.5, 0.6) is 0 Å². The molecule has 0 saturated heterocycles. The zero-order chi connectivity index (χ0) is 12.0. The summed E-state index contributed by atoms with van der Waals surface area (Å²) in [5.41, 5.74) is 0. The summed E-state index contributed by atoms with van der Waals surface area (Å²) in [4.78, 5) is 22.4. The van der Waals surface area contributed by atoms with Crippen molar-refractivity contribution in [3.8, 4) is 0 Å². The highest BCUT2D eigenvalue weighted by Gasteiger charge is 2.11. The summed E-state index contributed by atoms with van der Waals surface area (Å²) < 4.78 is 4.50. The molecule has 1 aromatic rings. The van der Waals surface area contributed by atoms with Gasteiger partial charge in [0.1, 0.15) is 0 Å². The van der Waals surface area contributed by atoms with Crippen LogP contribution in [0, 0.1) is 0 Å². The molecule has 2 amide bonds. The SMILES string of the molecule is COC(=O)C[C@@H](C)NC(=O)Nc1cccs1. The standard InChI is InChI=1S/C10H14N2O3S/c1-7(6-9(13)15-2)11-10(14)12-8-4-3-5-16-8/h3-5,7H,6H2,1-2H3,(H2,11,12,14)/t7-/m1/s1. The van der Waals surface area contributed by atoms with Crippen LogP contribution in [0.15, 0.2) is 17.5 Å². The lowest BCUT2D eigenvalue weighted by atomic mass is 10.2. The molecule has 1 heterocycles. The van der Waals surface area contributed by atoms with E-state index >= 15 is 0 Å². The molecule has 1 atom stereocenters. The molecule has 0 aromatic carbocycles. The van der Waals surface area contributed by atoms with E-state index in [2.05, 4.69) is 15.4 Å². The van der Waals surface area contributed by atoms with Crippen LogP contribution < -0.4 is 10.6 Å². The van der Waals surface area contributed by atoms with Gasteiger partial charge >= 0.3 is 12.0 Å². The molecule has 1 aromatic heterocycles. The van der Waals surface area contributed by atoms with Gasteiger partial charge < -0.3 is 10.1 Å². The summed E-state index contributed by atoms with van der Waals surface area (Å²) >= 11 is 1.43. The van der Waals surface area contributed by atoms with E-state index in [1.165, 1.54) is 18.4 Å². The highest BCUT2D eigenvalue weighted by Crippen LogP contribution is 2.14. The van der Waals surface area contributed by atoms with Gasteiger partial charge in [-0.1, -0.05) is 0 Å². The summed E-state index contributed by atoms with van der Waals surface area (Å²) in [6.45, 7) is 1.74. The number of hydrogen-bond donors (Lipinski definition) is 2. The van der Waals surface area contributed by atoms with Crippen LogP contribution in [0.2, 0.25) is 0 Å². The van der Waals surface area contributed by atoms with Crippen LogP contribution in [0.3, 0.4) is 0 Å². The van der Waals surface area contributed by atoms with Gasteiger partial charge in [0.05, 0.1) is 18.5 Å². The third-order valence-corrected chi connectivity index (χ3v) is 2.62. The van der Waals surface area contributed by atoms with Crippen molar-refractivity contribution in [2.45, 2.75) is 19.4 Å². The van der Waals surface area contributed by atoms with E-state index < -0.39 is 0 Å². The van der Waals surface area contributed by atoms with Gasteiger partial charge in [0.15, 0.2) is 0 Å². The topological polar surface area (TPSA) is 67.4 Å². The van der Waals surface area contributed by atoms with Crippen LogP contribution >= 0.6 is 11.3 Å². The molecule has 2 N–H and O–H groups in total. The number of rotatable bonds is 4. The van der Waals surface area contributed by atoms with Crippen molar-refractivity contribution in [3.05, 3.63) is 17.5 Å². The lowest BCUT2D eigenvalue weighted by molar-refractivity contribution is -0.141. The van der Waals surface area contributed by atoms with Crippen LogP contribution in [0.4, 0.5) is 9.80 Å². The summed E-state index contributed by atoms with van der Waals surface area (Å²) in [7, 11) is 1.32. The number of nitrogens with one attached hydrogen (secondary N) is 2. The number of anilines is 1. The van der Waals surface area contributed by atoms with Gasteiger partial charge in [0.25, 0.3) is 0 Å². The van der Waals surface area contributed by atoms with Gasteiger partial charge in [0.2, 0.25) is 0 Å². The Hall–Kier alpha value is -1.56. The lowest BCUT2D eigenvalue weighted by Gasteiger charge is -2.12. The highest BCUT2D eigenvalue weighted by molar-refractivity contribution is 7.14. The maximum Gasteiger partial charge on any atom is 0.320 e. The number of methoxy groups -OCH3 is 1. The van der Waals surface area contributed by atoms with Crippen LogP contribution in [-0.2, 0) is 9.53 Å². The average molecular weight is 242 g/mol. The monoisotopic (exact) mass is 242 g/mol. The maximum absolute atomic E-state index is 11.4. The van der Waals surface area contributed by atoms with Gasteiger partial charge in [-0.25, -0.2) is 4.79 Å². The fraction of sp³-hybridized carbons (Fsp3) is 0.400. The number of amides is 2. The average Bonchev–Trinajstić information content (AvgIpc) is 2.69. The molecule has 0 aliphatic rings. The van der Waals surface area contributed by atoms with Gasteiger partial charge in [0, 0.05) is 6.04 Å². The zero-order valence-corrected chi connectivity index (χ0v) is 9.97. The molecule has 0 radical (unpaired) electrons. The third-order valence-electron chi connectivity index (χ3n) is 1.84. The minimum absolute atomic E-state index is 0.161. The smallest absolute Gasteiger partial charge is 0.320 e. The zero-order valence-electron chi connectivity index (χ0n) is 9.15. The van der Waals surface area contributed by atoms with Crippen molar-refractivity contribution in [2.24, 2.45) is 0 Å². The number of ether oxygens (including phenoxy) is 1. The van der Waals surface area contributed by atoms with Gasteiger partial charge in [-0.05, 0) is 24.4 Å². The number of hydrogen-bond acceptors (Lipinski definition) is 4. The predicted octanol–water partition coefficient (Wildman–Crippen LogP) is 1.82. The molecule has 88 valence electrons. The molecule has 5 nitrogen and oxygen atoms in total. The summed E-state index contributed by atoms with van der Waals surface area (Å²) in [6, 6.07) is 3.07. The Kier molecular flexibility index (Phi) is 4.78. The van der Waals surface area contributed by atoms with E-state index in [0.717, 1.165) is 5.00 Å². The molecule has 0 unspecified atom stereocenters. The molecular weight excluding hydrogens is 228 g/mol. The second-order valence-electron chi connectivity index (χ2n) is 3.26. The Morgan fingerprint density at radius 1 is 1.56 bits per heavy atom. The molecule has 0 bridgehead atoms. The Morgan fingerprint density at radius 3 is 2.88 bits per heavy atom. The van der Waals surface area contributed by atoms with Gasteiger partial charge in [-0.2, -0.15) is 0 Å². The number of urea groups is 1. The van der Waals surface area contributed by atoms with E-state index in [1.54, 1.807) is 13.0 Å². The van der Waals surface area contributed by atoms with Crippen molar-refractivity contribution < 1.29 is 14.3 Å². The van der Waals surface area contributed by atoms with Crippen molar-refractivity contribution in [1.82, 2.24) is 5.32 Å². The molecule has 0 aliphatic heterocycles. The fourth-order valence-electron chi connectivity index (χ4n) is 1.11. The lowest BCUT2D eigenvalue weighted by Crippen LogP contribution is -2.37. The second-order valence-corrected chi connectivity index (χ2v) is 4.20. The van der Waals surface area contributed by atoms with Gasteiger partial charge in [-0.15, -0.1) is 11.3 Å². The Morgan fingerprint density at radius 2 is 2.31 bits per heavy atom. The first-order valence-electron chi connectivity index (χ1n) is 4.79. The summed E-state index contributed by atoms with van der Waals surface area (Å²) in [5, 5.41) is 7.93. The van der Waals surface area contributed by atoms with E-state index in [1.807, 2.05) is 11.4 Å². The highest BCUT2D eigenvalue weighted by atomic mass is 32.1. The summed E-state index contributed by atoms with van der Waals surface area (Å²) in [5.74, 6) is -0.344. The normalized spacial score (nSPS) is 11.6. The minimum atomic E-state index is -0.344. The molecule has 1 rings (SSSR count).